The van der Waals surface area contributed by atoms with Crippen LogP contribution >= 0.6 is 0 Å². The van der Waals surface area contributed by atoms with Gasteiger partial charge in [0.05, 0.1) is 39.0 Å². The summed E-state index contributed by atoms with van der Waals surface area (Å²) in [6, 6.07) is 81.5. The largest absolute Gasteiger partial charge is 0.416 e. The molecule has 0 radical (unpaired) electrons. The Balaban J connectivity index is 1.10. The number of hydrogen-bond acceptors (Lipinski definition) is 2. The van der Waals surface area contributed by atoms with Crippen LogP contribution < -0.4 is 9.80 Å². The number of fused-ring (bicyclic) bond motifs is 6. The predicted molar refractivity (Wildman–Crippen MR) is 280 cm³/mol. The second-order valence-electron chi connectivity index (χ2n) is 17.3. The molecule has 12 rings (SSSR count). The highest BCUT2D eigenvalue weighted by molar-refractivity contribution is 6.12. The van der Waals surface area contributed by atoms with Gasteiger partial charge in [0.2, 0.25) is 0 Å². The molecule has 0 atom stereocenters. The molecule has 332 valence electrons. The minimum atomic E-state index is -4.46. The maximum absolute atomic E-state index is 14.0. The summed E-state index contributed by atoms with van der Waals surface area (Å²) in [5.74, 6) is 0. The number of nitrogens with zero attached hydrogens (tertiary/aromatic N) is 4. The van der Waals surface area contributed by atoms with Crippen LogP contribution in [0.15, 0.2) is 243 Å². The van der Waals surface area contributed by atoms with Crippen molar-refractivity contribution in [2.24, 2.45) is 0 Å². The van der Waals surface area contributed by atoms with Crippen molar-refractivity contribution in [3.05, 3.63) is 254 Å². The van der Waals surface area contributed by atoms with Crippen LogP contribution in [0.1, 0.15) is 11.1 Å². The smallest absolute Gasteiger partial charge is 0.310 e. The quantitative estimate of drug-likeness (QED) is 0.143. The van der Waals surface area contributed by atoms with Gasteiger partial charge in [-0.25, -0.2) is 0 Å². The lowest BCUT2D eigenvalue weighted by Crippen LogP contribution is -2.09. The van der Waals surface area contributed by atoms with E-state index in [-0.39, 0.29) is 0 Å². The molecular weight excluding hydrogens is 858 g/mol. The fourth-order valence-corrected chi connectivity index (χ4v) is 10.1. The van der Waals surface area contributed by atoms with E-state index in [1.165, 1.54) is 12.1 Å². The van der Waals surface area contributed by atoms with Crippen molar-refractivity contribution < 1.29 is 13.2 Å². The Bertz CT molecular complexity index is 3520. The molecule has 0 aliphatic rings. The van der Waals surface area contributed by atoms with Crippen molar-refractivity contribution in [3.63, 3.8) is 0 Å². The Kier molecular flexibility index (Phi) is 10.1. The van der Waals surface area contributed by atoms with Crippen LogP contribution in [0, 0.1) is 6.92 Å². The van der Waals surface area contributed by atoms with Gasteiger partial charge in [-0.2, -0.15) is 13.2 Å². The first kappa shape index (κ1) is 41.6. The van der Waals surface area contributed by atoms with Gasteiger partial charge in [-0.3, -0.25) is 0 Å². The third kappa shape index (κ3) is 7.27. The normalized spacial score (nSPS) is 11.8. The minimum absolute atomic E-state index is 0.680. The molecule has 0 saturated heterocycles. The van der Waals surface area contributed by atoms with E-state index in [1.54, 1.807) is 12.1 Å². The number of aromatic nitrogens is 2. The first-order valence-electron chi connectivity index (χ1n) is 23.0. The summed E-state index contributed by atoms with van der Waals surface area (Å²) in [5, 5.41) is 4.32. The molecule has 69 heavy (non-hydrogen) atoms. The number of para-hydroxylation sites is 6. The Hall–Kier alpha value is -8.81. The van der Waals surface area contributed by atoms with Gasteiger partial charge in [-0.1, -0.05) is 121 Å². The van der Waals surface area contributed by atoms with Crippen LogP contribution in [-0.2, 0) is 6.18 Å². The average Bonchev–Trinajstić information content (AvgIpc) is 3.90. The topological polar surface area (TPSA) is 16.3 Å². The molecule has 0 fully saturated rings. The highest BCUT2D eigenvalue weighted by Crippen LogP contribution is 2.44. The zero-order chi connectivity index (χ0) is 46.6. The van der Waals surface area contributed by atoms with E-state index in [0.29, 0.717) is 5.56 Å². The molecule has 4 nitrogen and oxygen atoms in total. The molecule has 7 heteroatoms. The van der Waals surface area contributed by atoms with E-state index in [2.05, 4.69) is 220 Å². The van der Waals surface area contributed by atoms with E-state index in [0.717, 1.165) is 100 Å². The average molecular weight is 901 g/mol. The molecular formula is C62H43F3N4. The van der Waals surface area contributed by atoms with Gasteiger partial charge >= 0.3 is 6.18 Å². The summed E-state index contributed by atoms with van der Waals surface area (Å²) in [7, 11) is 0. The van der Waals surface area contributed by atoms with Crippen molar-refractivity contribution in [1.29, 1.82) is 0 Å². The SMILES string of the molecule is Cc1c(-n2c3ccccc3c3cc(N(c4ccccc4)c4ccccc4)ccc32)cc(-c2ccc(C(F)(F)F)cc2)cc1-n1c2ccccc2c2cc(N(c3ccccc3)c3ccccc3)ccc21. The summed E-state index contributed by atoms with van der Waals surface area (Å²) in [6.07, 6.45) is -4.46. The molecule has 0 saturated carbocycles. The second kappa shape index (κ2) is 16.8. The van der Waals surface area contributed by atoms with Crippen LogP contribution in [0.2, 0.25) is 0 Å². The summed E-state index contributed by atoms with van der Waals surface area (Å²) in [6.45, 7) is 2.16. The zero-order valence-corrected chi connectivity index (χ0v) is 37.5. The molecule has 0 N–H and O–H groups in total. The molecule has 0 amide bonds. The Morgan fingerprint density at radius 2 is 0.667 bits per heavy atom. The van der Waals surface area contributed by atoms with Crippen LogP contribution in [0.4, 0.5) is 47.3 Å². The van der Waals surface area contributed by atoms with Gasteiger partial charge < -0.3 is 18.9 Å². The maximum atomic E-state index is 14.0. The molecule has 0 aliphatic carbocycles. The highest BCUT2D eigenvalue weighted by atomic mass is 19.4. The van der Waals surface area contributed by atoms with Gasteiger partial charge in [-0.05, 0) is 145 Å². The molecule has 2 aromatic heterocycles. The number of hydrogen-bond donors (Lipinski definition) is 0. The van der Waals surface area contributed by atoms with E-state index in [9.17, 15) is 13.2 Å². The molecule has 0 unspecified atom stereocenters. The number of rotatable bonds is 9. The van der Waals surface area contributed by atoms with Crippen molar-refractivity contribution in [2.75, 3.05) is 9.80 Å². The van der Waals surface area contributed by atoms with Gasteiger partial charge in [-0.15, -0.1) is 0 Å². The highest BCUT2D eigenvalue weighted by Gasteiger charge is 2.30. The van der Waals surface area contributed by atoms with E-state index in [1.807, 2.05) is 24.3 Å². The second-order valence-corrected chi connectivity index (χ2v) is 17.3. The van der Waals surface area contributed by atoms with Crippen molar-refractivity contribution >= 4 is 77.7 Å². The molecule has 2 heterocycles. The summed E-state index contributed by atoms with van der Waals surface area (Å²) >= 11 is 0. The monoisotopic (exact) mass is 900 g/mol. The standard InChI is InChI=1S/C62H43F3N4/c1-42-60(68-56-28-16-14-26-52(56)54-40-50(34-36-58(54)68)66(46-18-6-2-7-19-46)47-20-8-3-9-21-47)38-44(43-30-32-45(33-31-43)62(63,64)65)39-61(42)69-57-29-17-15-27-53(57)55-41-51(35-37-59(55)69)67(48-22-10-4-11-23-48)49-24-12-5-13-25-49/h2-41H,1H3. The minimum Gasteiger partial charge on any atom is -0.310 e. The lowest BCUT2D eigenvalue weighted by Gasteiger charge is -2.25. The van der Waals surface area contributed by atoms with Crippen LogP contribution in [-0.4, -0.2) is 9.13 Å². The van der Waals surface area contributed by atoms with Crippen molar-refractivity contribution in [2.45, 2.75) is 13.1 Å². The summed E-state index contributed by atoms with van der Waals surface area (Å²) in [5.41, 5.74) is 13.9. The third-order valence-corrected chi connectivity index (χ3v) is 13.3. The third-order valence-electron chi connectivity index (χ3n) is 13.3. The maximum Gasteiger partial charge on any atom is 0.416 e. The fraction of sp³-hybridized carbons (Fsp3) is 0.0323. The van der Waals surface area contributed by atoms with Gasteiger partial charge in [0, 0.05) is 55.7 Å². The fourth-order valence-electron chi connectivity index (χ4n) is 10.1. The van der Waals surface area contributed by atoms with E-state index >= 15 is 0 Å². The molecule has 0 bridgehead atoms. The summed E-state index contributed by atoms with van der Waals surface area (Å²) < 4.78 is 46.6. The zero-order valence-electron chi connectivity index (χ0n) is 37.5. The van der Waals surface area contributed by atoms with E-state index < -0.39 is 11.7 Å². The molecule has 0 spiro atoms. The van der Waals surface area contributed by atoms with Gasteiger partial charge in [0.1, 0.15) is 0 Å². The molecule has 10 aromatic carbocycles. The Labute approximate surface area is 397 Å². The Morgan fingerprint density at radius 1 is 0.319 bits per heavy atom. The molecule has 12 aromatic rings. The number of alkyl halides is 3. The lowest BCUT2D eigenvalue weighted by atomic mass is 9.99. The van der Waals surface area contributed by atoms with Gasteiger partial charge in [0.15, 0.2) is 0 Å². The first-order chi connectivity index (χ1) is 33.8. The number of anilines is 6. The van der Waals surface area contributed by atoms with Crippen LogP contribution in [0.25, 0.3) is 66.1 Å². The van der Waals surface area contributed by atoms with E-state index in [4.69, 9.17) is 0 Å². The number of halogens is 3. The van der Waals surface area contributed by atoms with Crippen LogP contribution in [0.3, 0.4) is 0 Å². The molecule has 0 aliphatic heterocycles. The predicted octanol–water partition coefficient (Wildman–Crippen LogP) is 17.8. The van der Waals surface area contributed by atoms with Gasteiger partial charge in [0.25, 0.3) is 0 Å². The van der Waals surface area contributed by atoms with Crippen LogP contribution in [0.5, 0.6) is 0 Å². The summed E-state index contributed by atoms with van der Waals surface area (Å²) in [4.78, 5) is 4.54. The lowest BCUT2D eigenvalue weighted by molar-refractivity contribution is -0.137. The first-order valence-corrected chi connectivity index (χ1v) is 23.0. The Morgan fingerprint density at radius 3 is 1.04 bits per heavy atom. The van der Waals surface area contributed by atoms with Crippen molar-refractivity contribution in [3.8, 4) is 22.5 Å². The number of benzene rings is 10. The van der Waals surface area contributed by atoms with Crippen molar-refractivity contribution in [1.82, 2.24) is 9.13 Å².